The number of anilines is 1. The number of fused-ring (bicyclic) bond motifs is 1. The third-order valence-electron chi connectivity index (χ3n) is 5.08. The van der Waals surface area contributed by atoms with Gasteiger partial charge in [0.1, 0.15) is 5.82 Å². The zero-order valence-electron chi connectivity index (χ0n) is 15.6. The smallest absolute Gasteiger partial charge is 0.206 e. The van der Waals surface area contributed by atoms with Crippen LogP contribution in [0.5, 0.6) is 0 Å². The van der Waals surface area contributed by atoms with E-state index < -0.39 is 9.84 Å². The Hall–Kier alpha value is -2.44. The van der Waals surface area contributed by atoms with Crippen LogP contribution in [0.25, 0.3) is 10.8 Å². The Balaban J connectivity index is 1.86. The van der Waals surface area contributed by atoms with E-state index in [0.717, 1.165) is 53.9 Å². The first-order valence-corrected chi connectivity index (χ1v) is 10.6. The first-order valence-electron chi connectivity index (χ1n) is 9.13. The summed E-state index contributed by atoms with van der Waals surface area (Å²) in [5, 5.41) is 5.21. The summed E-state index contributed by atoms with van der Waals surface area (Å²) < 4.78 is 26.6. The topological polar surface area (TPSA) is 62.3 Å². The van der Waals surface area contributed by atoms with Gasteiger partial charge < -0.3 is 10.2 Å². The predicted molar refractivity (Wildman–Crippen MR) is 108 cm³/mol. The first-order chi connectivity index (χ1) is 13.0. The van der Waals surface area contributed by atoms with E-state index in [4.69, 9.17) is 0 Å². The number of nitrogens with one attached hydrogen (secondary N) is 1. The van der Waals surface area contributed by atoms with Crippen molar-refractivity contribution in [2.45, 2.75) is 23.6 Å². The normalized spacial score (nSPS) is 15.3. The van der Waals surface area contributed by atoms with Crippen LogP contribution in [0.1, 0.15) is 11.1 Å². The third-order valence-corrected chi connectivity index (χ3v) is 6.97. The molecule has 1 aromatic heterocycles. The van der Waals surface area contributed by atoms with E-state index in [-0.39, 0.29) is 0 Å². The molecule has 0 atom stereocenters. The molecule has 0 bridgehead atoms. The van der Waals surface area contributed by atoms with E-state index in [1.807, 2.05) is 38.1 Å². The molecule has 140 valence electrons. The summed E-state index contributed by atoms with van der Waals surface area (Å²) in [6.45, 7) is 7.27. The quantitative estimate of drug-likeness (QED) is 0.755. The van der Waals surface area contributed by atoms with Crippen LogP contribution < -0.4 is 10.2 Å². The molecule has 2 aromatic carbocycles. The number of hydrogen-bond donors (Lipinski definition) is 1. The zero-order chi connectivity index (χ0) is 19.0. The van der Waals surface area contributed by atoms with Crippen molar-refractivity contribution in [2.24, 2.45) is 0 Å². The monoisotopic (exact) mass is 381 g/mol. The Labute approximate surface area is 160 Å². The van der Waals surface area contributed by atoms with Gasteiger partial charge >= 0.3 is 0 Å². The Bertz CT molecular complexity index is 1100. The van der Waals surface area contributed by atoms with Gasteiger partial charge in [0.05, 0.1) is 9.79 Å². The molecule has 1 N–H and O–H groups in total. The summed E-state index contributed by atoms with van der Waals surface area (Å²) in [5.74, 6) is 0.854. The van der Waals surface area contributed by atoms with Crippen molar-refractivity contribution in [2.75, 3.05) is 31.1 Å². The minimum atomic E-state index is -3.59. The SMILES string of the molecule is Cc1ccc(C)c(S(=O)(=O)c2ccc3ccnc(N4CCNCC4)c3c2)c1. The lowest BCUT2D eigenvalue weighted by Gasteiger charge is -2.29. The van der Waals surface area contributed by atoms with Crippen LogP contribution in [0.3, 0.4) is 0 Å². The average molecular weight is 382 g/mol. The Morgan fingerprint density at radius 3 is 2.56 bits per heavy atom. The second-order valence-electron chi connectivity index (χ2n) is 7.03. The minimum absolute atomic E-state index is 0.313. The van der Waals surface area contributed by atoms with Crippen LogP contribution in [-0.4, -0.2) is 39.6 Å². The number of pyridine rings is 1. The van der Waals surface area contributed by atoms with Crippen molar-refractivity contribution < 1.29 is 8.42 Å². The number of aromatic nitrogens is 1. The lowest BCUT2D eigenvalue weighted by Crippen LogP contribution is -2.43. The Morgan fingerprint density at radius 2 is 1.78 bits per heavy atom. The van der Waals surface area contributed by atoms with E-state index in [2.05, 4.69) is 15.2 Å². The summed E-state index contributed by atoms with van der Waals surface area (Å²) in [6.07, 6.45) is 1.79. The molecule has 0 saturated carbocycles. The average Bonchev–Trinajstić information content (AvgIpc) is 2.69. The van der Waals surface area contributed by atoms with Gasteiger partial charge in [0, 0.05) is 37.8 Å². The number of benzene rings is 2. The maximum absolute atomic E-state index is 13.3. The summed E-state index contributed by atoms with van der Waals surface area (Å²) in [5.41, 5.74) is 1.69. The third kappa shape index (κ3) is 3.31. The molecule has 1 saturated heterocycles. The second-order valence-corrected chi connectivity index (χ2v) is 8.95. The van der Waals surface area contributed by atoms with Gasteiger partial charge in [-0.05, 0) is 54.6 Å². The minimum Gasteiger partial charge on any atom is -0.354 e. The van der Waals surface area contributed by atoms with Gasteiger partial charge in [-0.25, -0.2) is 13.4 Å². The molecule has 0 aliphatic carbocycles. The van der Waals surface area contributed by atoms with Gasteiger partial charge in [0.15, 0.2) is 0 Å². The van der Waals surface area contributed by atoms with Crippen molar-refractivity contribution >= 4 is 26.4 Å². The van der Waals surface area contributed by atoms with Crippen molar-refractivity contribution in [1.29, 1.82) is 0 Å². The summed E-state index contributed by atoms with van der Waals surface area (Å²) in [7, 11) is -3.59. The highest BCUT2D eigenvalue weighted by atomic mass is 32.2. The number of nitrogens with zero attached hydrogens (tertiary/aromatic N) is 2. The molecule has 0 amide bonds. The molecule has 1 fully saturated rings. The molecular weight excluding hydrogens is 358 g/mol. The fourth-order valence-electron chi connectivity index (χ4n) is 3.55. The standard InChI is InChI=1S/C21H23N3O2S/c1-15-3-4-16(2)20(13-15)27(25,26)18-6-5-17-7-8-23-21(19(17)14-18)24-11-9-22-10-12-24/h3-8,13-14,22H,9-12H2,1-2H3. The maximum atomic E-state index is 13.3. The number of piperazine rings is 1. The Morgan fingerprint density at radius 1 is 1.00 bits per heavy atom. The van der Waals surface area contributed by atoms with Gasteiger partial charge in [-0.2, -0.15) is 0 Å². The number of aryl methyl sites for hydroxylation is 2. The number of sulfone groups is 1. The molecule has 1 aliphatic heterocycles. The van der Waals surface area contributed by atoms with Crippen molar-refractivity contribution in [1.82, 2.24) is 10.3 Å². The van der Waals surface area contributed by atoms with Gasteiger partial charge in [-0.3, -0.25) is 0 Å². The fraction of sp³-hybridized carbons (Fsp3) is 0.286. The number of rotatable bonds is 3. The van der Waals surface area contributed by atoms with Crippen molar-refractivity contribution in [3.05, 3.63) is 59.8 Å². The molecule has 4 rings (SSSR count). The molecular formula is C21H23N3O2S. The van der Waals surface area contributed by atoms with E-state index in [1.165, 1.54) is 0 Å². The van der Waals surface area contributed by atoms with Gasteiger partial charge in [-0.15, -0.1) is 0 Å². The van der Waals surface area contributed by atoms with Crippen LogP contribution in [-0.2, 0) is 9.84 Å². The van der Waals surface area contributed by atoms with Crippen LogP contribution in [0.2, 0.25) is 0 Å². The van der Waals surface area contributed by atoms with Gasteiger partial charge in [0.2, 0.25) is 9.84 Å². The largest absolute Gasteiger partial charge is 0.354 e. The molecule has 0 unspecified atom stereocenters. The molecule has 6 heteroatoms. The first kappa shape index (κ1) is 17.9. The molecule has 3 aromatic rings. The van der Waals surface area contributed by atoms with Gasteiger partial charge in [-0.1, -0.05) is 18.2 Å². The highest BCUT2D eigenvalue weighted by Gasteiger charge is 2.22. The van der Waals surface area contributed by atoms with Crippen LogP contribution in [0, 0.1) is 13.8 Å². The molecule has 1 aliphatic rings. The second kappa shape index (κ2) is 6.94. The molecule has 2 heterocycles. The van der Waals surface area contributed by atoms with E-state index in [0.29, 0.717) is 9.79 Å². The zero-order valence-corrected chi connectivity index (χ0v) is 16.4. The lowest BCUT2D eigenvalue weighted by molar-refractivity contribution is 0.586. The van der Waals surface area contributed by atoms with Crippen molar-refractivity contribution in [3.8, 4) is 0 Å². The molecule has 0 radical (unpaired) electrons. The number of hydrogen-bond acceptors (Lipinski definition) is 5. The van der Waals surface area contributed by atoms with Crippen LogP contribution in [0.4, 0.5) is 5.82 Å². The Kier molecular flexibility index (Phi) is 4.61. The molecule has 27 heavy (non-hydrogen) atoms. The summed E-state index contributed by atoms with van der Waals surface area (Å²) in [4.78, 5) is 7.46. The highest BCUT2D eigenvalue weighted by Crippen LogP contribution is 2.31. The summed E-state index contributed by atoms with van der Waals surface area (Å²) >= 11 is 0. The van der Waals surface area contributed by atoms with E-state index >= 15 is 0 Å². The highest BCUT2D eigenvalue weighted by molar-refractivity contribution is 7.91. The van der Waals surface area contributed by atoms with E-state index in [1.54, 1.807) is 24.4 Å². The van der Waals surface area contributed by atoms with Crippen LogP contribution in [0.15, 0.2) is 58.5 Å². The predicted octanol–water partition coefficient (Wildman–Crippen LogP) is 3.09. The van der Waals surface area contributed by atoms with Crippen molar-refractivity contribution in [3.63, 3.8) is 0 Å². The summed E-state index contributed by atoms with van der Waals surface area (Å²) in [6, 6.07) is 12.8. The van der Waals surface area contributed by atoms with E-state index in [9.17, 15) is 8.42 Å². The lowest BCUT2D eigenvalue weighted by atomic mass is 10.1. The fourth-order valence-corrected chi connectivity index (χ4v) is 5.16. The van der Waals surface area contributed by atoms with Crippen LogP contribution >= 0.6 is 0 Å². The van der Waals surface area contributed by atoms with Gasteiger partial charge in [0.25, 0.3) is 0 Å². The maximum Gasteiger partial charge on any atom is 0.206 e. The molecule has 0 spiro atoms. The molecule has 5 nitrogen and oxygen atoms in total.